The van der Waals surface area contributed by atoms with Gasteiger partial charge in [-0.3, -0.25) is 0 Å². The van der Waals surface area contributed by atoms with E-state index in [1.165, 1.54) is 38.5 Å². The fourth-order valence-electron chi connectivity index (χ4n) is 4.34. The molecule has 3 rings (SSSR count). The molecule has 132 valence electrons. The molecule has 3 aliphatic rings. The van der Waals surface area contributed by atoms with Crippen LogP contribution in [0, 0.1) is 5.92 Å². The fraction of sp³-hybridized carbons (Fsp3) is 0.944. The maximum Gasteiger partial charge on any atom is 0.317 e. The highest BCUT2D eigenvalue weighted by molar-refractivity contribution is 5.74. The van der Waals surface area contributed by atoms with Gasteiger partial charge < -0.3 is 20.1 Å². The predicted octanol–water partition coefficient (Wildman–Crippen LogP) is 2.67. The summed E-state index contributed by atoms with van der Waals surface area (Å²) in [5.41, 5.74) is 0. The lowest BCUT2D eigenvalue weighted by Gasteiger charge is -2.37. The zero-order chi connectivity index (χ0) is 16.1. The molecule has 0 aromatic rings. The third-order valence-electron chi connectivity index (χ3n) is 5.75. The van der Waals surface area contributed by atoms with Crippen LogP contribution in [0.15, 0.2) is 0 Å². The van der Waals surface area contributed by atoms with Crippen molar-refractivity contribution in [2.75, 3.05) is 19.7 Å². The molecule has 5 nitrogen and oxygen atoms in total. The molecule has 2 aliphatic carbocycles. The molecule has 0 radical (unpaired) electrons. The minimum atomic E-state index is 0.0371. The number of nitrogens with one attached hydrogen (secondary N) is 1. The van der Waals surface area contributed by atoms with E-state index in [1.54, 1.807) is 0 Å². The third kappa shape index (κ3) is 4.60. The molecule has 0 aromatic carbocycles. The number of carbonyl (C=O) groups is 1. The Hall–Kier alpha value is -0.810. The maximum absolute atomic E-state index is 12.6. The van der Waals surface area contributed by atoms with Gasteiger partial charge in [0.2, 0.25) is 0 Å². The monoisotopic (exact) mass is 324 g/mol. The zero-order valence-electron chi connectivity index (χ0n) is 14.2. The first-order valence-corrected chi connectivity index (χ1v) is 9.58. The van der Waals surface area contributed by atoms with Gasteiger partial charge in [-0.1, -0.05) is 25.7 Å². The number of aliphatic hydroxyl groups is 1. The number of hydrogen-bond donors (Lipinski definition) is 2. The minimum absolute atomic E-state index is 0.0371. The van der Waals surface area contributed by atoms with Crippen LogP contribution >= 0.6 is 0 Å². The first-order chi connectivity index (χ1) is 11.3. The quantitative estimate of drug-likeness (QED) is 0.836. The van der Waals surface area contributed by atoms with Gasteiger partial charge in [0.1, 0.15) is 0 Å². The van der Waals surface area contributed by atoms with Gasteiger partial charge in [0.05, 0.1) is 18.2 Å². The van der Waals surface area contributed by atoms with E-state index in [9.17, 15) is 9.90 Å². The van der Waals surface area contributed by atoms with Crippen molar-refractivity contribution in [1.82, 2.24) is 10.2 Å². The number of amides is 2. The molecule has 3 atom stereocenters. The van der Waals surface area contributed by atoms with E-state index in [-0.39, 0.29) is 30.7 Å². The Balaban J connectivity index is 1.52. The Labute approximate surface area is 139 Å². The topological polar surface area (TPSA) is 61.8 Å². The van der Waals surface area contributed by atoms with Gasteiger partial charge in [-0.15, -0.1) is 0 Å². The van der Waals surface area contributed by atoms with Crippen LogP contribution in [-0.2, 0) is 4.74 Å². The normalized spacial score (nSPS) is 32.9. The highest BCUT2D eigenvalue weighted by Gasteiger charge is 2.32. The minimum Gasteiger partial charge on any atom is -0.396 e. The Morgan fingerprint density at radius 3 is 2.57 bits per heavy atom. The van der Waals surface area contributed by atoms with Crippen molar-refractivity contribution in [3.05, 3.63) is 0 Å². The summed E-state index contributed by atoms with van der Waals surface area (Å²) in [7, 11) is 0. The molecular formula is C18H32N2O3. The number of rotatable bonds is 4. The first kappa shape index (κ1) is 17.0. The number of likely N-dealkylation sites (tertiary alicyclic amines) is 1. The summed E-state index contributed by atoms with van der Waals surface area (Å²) in [4.78, 5) is 14.5. The lowest BCUT2D eigenvalue weighted by atomic mass is 9.92. The predicted molar refractivity (Wildman–Crippen MR) is 89.3 cm³/mol. The van der Waals surface area contributed by atoms with Crippen LogP contribution < -0.4 is 5.32 Å². The van der Waals surface area contributed by atoms with E-state index in [4.69, 9.17) is 4.74 Å². The average Bonchev–Trinajstić information content (AvgIpc) is 3.09. The fourth-order valence-corrected chi connectivity index (χ4v) is 4.34. The van der Waals surface area contributed by atoms with Gasteiger partial charge in [-0.05, 0) is 44.4 Å². The number of aliphatic hydroxyl groups excluding tert-OH is 1. The van der Waals surface area contributed by atoms with E-state index in [0.29, 0.717) is 12.6 Å². The van der Waals surface area contributed by atoms with Gasteiger partial charge in [0, 0.05) is 19.7 Å². The molecular weight excluding hydrogens is 292 g/mol. The van der Waals surface area contributed by atoms with Crippen molar-refractivity contribution in [1.29, 1.82) is 0 Å². The van der Waals surface area contributed by atoms with Gasteiger partial charge >= 0.3 is 6.03 Å². The van der Waals surface area contributed by atoms with E-state index in [2.05, 4.69) is 5.32 Å². The molecule has 1 saturated heterocycles. The number of ether oxygens (including phenoxy) is 1. The number of piperidine rings is 1. The van der Waals surface area contributed by atoms with E-state index in [0.717, 1.165) is 32.2 Å². The summed E-state index contributed by atoms with van der Waals surface area (Å²) in [5.74, 6) is 0.242. The second-order valence-electron chi connectivity index (χ2n) is 7.56. The van der Waals surface area contributed by atoms with Crippen LogP contribution in [-0.4, -0.2) is 54.0 Å². The summed E-state index contributed by atoms with van der Waals surface area (Å²) in [6.45, 7) is 1.67. The lowest BCUT2D eigenvalue weighted by molar-refractivity contribution is -0.0419. The average molecular weight is 324 g/mol. The molecule has 0 bridgehead atoms. The van der Waals surface area contributed by atoms with Crippen molar-refractivity contribution in [3.8, 4) is 0 Å². The number of hydrogen-bond acceptors (Lipinski definition) is 3. The van der Waals surface area contributed by atoms with Gasteiger partial charge in [0.15, 0.2) is 0 Å². The molecule has 2 saturated carbocycles. The zero-order valence-corrected chi connectivity index (χ0v) is 14.2. The van der Waals surface area contributed by atoms with Crippen LogP contribution in [0.1, 0.15) is 64.2 Å². The summed E-state index contributed by atoms with van der Waals surface area (Å²) < 4.78 is 6.32. The highest BCUT2D eigenvalue weighted by Crippen LogP contribution is 2.28. The molecule has 23 heavy (non-hydrogen) atoms. The molecule has 2 amide bonds. The van der Waals surface area contributed by atoms with Crippen molar-refractivity contribution in [2.24, 2.45) is 5.92 Å². The summed E-state index contributed by atoms with van der Waals surface area (Å²) in [6.07, 6.45) is 12.0. The molecule has 0 aromatic heterocycles. The lowest BCUT2D eigenvalue weighted by Crippen LogP contribution is -2.53. The van der Waals surface area contributed by atoms with Gasteiger partial charge in [-0.25, -0.2) is 4.79 Å². The van der Waals surface area contributed by atoms with Crippen LogP contribution in [0.3, 0.4) is 0 Å². The largest absolute Gasteiger partial charge is 0.396 e. The Bertz CT molecular complexity index is 384. The van der Waals surface area contributed by atoms with Crippen LogP contribution in [0.4, 0.5) is 4.79 Å². The number of carbonyl (C=O) groups excluding carboxylic acids is 1. The summed E-state index contributed by atoms with van der Waals surface area (Å²) >= 11 is 0. The van der Waals surface area contributed by atoms with Crippen LogP contribution in [0.2, 0.25) is 0 Å². The van der Waals surface area contributed by atoms with Crippen molar-refractivity contribution < 1.29 is 14.6 Å². The first-order valence-electron chi connectivity index (χ1n) is 9.58. The Kier molecular flexibility index (Phi) is 6.17. The molecule has 0 spiro atoms. The Morgan fingerprint density at radius 2 is 1.78 bits per heavy atom. The van der Waals surface area contributed by atoms with Crippen molar-refractivity contribution in [2.45, 2.75) is 82.5 Å². The molecule has 1 heterocycles. The molecule has 3 fully saturated rings. The molecule has 1 aliphatic heterocycles. The smallest absolute Gasteiger partial charge is 0.317 e. The van der Waals surface area contributed by atoms with Crippen molar-refractivity contribution in [3.63, 3.8) is 0 Å². The van der Waals surface area contributed by atoms with E-state index in [1.807, 2.05) is 4.90 Å². The second kappa shape index (κ2) is 8.34. The van der Waals surface area contributed by atoms with Crippen LogP contribution in [0.25, 0.3) is 0 Å². The summed E-state index contributed by atoms with van der Waals surface area (Å²) in [5, 5.41) is 12.6. The van der Waals surface area contributed by atoms with E-state index < -0.39 is 0 Å². The highest BCUT2D eigenvalue weighted by atomic mass is 16.5. The molecule has 3 unspecified atom stereocenters. The number of urea groups is 1. The van der Waals surface area contributed by atoms with Crippen LogP contribution in [0.5, 0.6) is 0 Å². The third-order valence-corrected chi connectivity index (χ3v) is 5.75. The SMILES string of the molecule is O=C(NC1CCCCC1OC1CCCC1)N1CCCC(CO)C1. The second-order valence-corrected chi connectivity index (χ2v) is 7.56. The van der Waals surface area contributed by atoms with E-state index >= 15 is 0 Å². The summed E-state index contributed by atoms with van der Waals surface area (Å²) in [6, 6.07) is 0.196. The van der Waals surface area contributed by atoms with Crippen molar-refractivity contribution >= 4 is 6.03 Å². The van der Waals surface area contributed by atoms with Gasteiger partial charge in [0.25, 0.3) is 0 Å². The molecule has 2 N–H and O–H groups in total. The van der Waals surface area contributed by atoms with Gasteiger partial charge in [-0.2, -0.15) is 0 Å². The molecule has 5 heteroatoms. The Morgan fingerprint density at radius 1 is 1.04 bits per heavy atom. The number of nitrogens with zero attached hydrogens (tertiary/aromatic N) is 1. The standard InChI is InChI=1S/C18H32N2O3/c21-13-14-6-5-11-20(12-14)18(22)19-16-9-3-4-10-17(16)23-15-7-1-2-8-15/h14-17,21H,1-13H2,(H,19,22). The maximum atomic E-state index is 12.6.